The van der Waals surface area contributed by atoms with Gasteiger partial charge in [0.25, 0.3) is 5.91 Å². The molecule has 1 aliphatic rings. The Balaban J connectivity index is 1.97. The van der Waals surface area contributed by atoms with Crippen LogP contribution in [0, 0.1) is 0 Å². The number of rotatable bonds is 7. The van der Waals surface area contributed by atoms with Crippen LogP contribution in [0.2, 0.25) is 0 Å². The molecule has 0 aromatic heterocycles. The van der Waals surface area contributed by atoms with Gasteiger partial charge >= 0.3 is 0 Å². The largest absolute Gasteiger partial charge is 0.495 e. The molecule has 1 aliphatic heterocycles. The molecule has 174 valence electrons. The van der Waals surface area contributed by atoms with E-state index in [2.05, 4.69) is 21.2 Å². The van der Waals surface area contributed by atoms with Gasteiger partial charge in [-0.1, -0.05) is 42.6 Å². The number of hydrogen-bond donors (Lipinski definition) is 1. The smallest absolute Gasteiger partial charge is 0.255 e. The van der Waals surface area contributed by atoms with Crippen LogP contribution in [-0.4, -0.2) is 38.8 Å². The lowest BCUT2D eigenvalue weighted by Crippen LogP contribution is -2.32. The number of anilines is 1. The molecule has 0 bridgehead atoms. The molecule has 0 aliphatic carbocycles. The summed E-state index contributed by atoms with van der Waals surface area (Å²) in [5.41, 5.74) is 3.12. The number of aryl methyl sites for hydroxylation is 2. The van der Waals surface area contributed by atoms with Crippen LogP contribution >= 0.6 is 15.9 Å². The molecule has 1 fully saturated rings. The zero-order valence-corrected chi connectivity index (χ0v) is 21.3. The lowest BCUT2D eigenvalue weighted by molar-refractivity contribution is 0.102. The second kappa shape index (κ2) is 10.8. The van der Waals surface area contributed by atoms with Crippen LogP contribution in [0.4, 0.5) is 5.69 Å². The maximum Gasteiger partial charge on any atom is 0.255 e. The first-order chi connectivity index (χ1) is 15.3. The molecule has 8 heteroatoms. The van der Waals surface area contributed by atoms with Crippen LogP contribution in [-0.2, 0) is 22.9 Å². The van der Waals surface area contributed by atoms with Crippen molar-refractivity contribution in [2.75, 3.05) is 25.5 Å². The Hall–Kier alpha value is -1.90. The van der Waals surface area contributed by atoms with Gasteiger partial charge in [0.05, 0.1) is 7.11 Å². The van der Waals surface area contributed by atoms with E-state index in [4.69, 9.17) is 4.74 Å². The quantitative estimate of drug-likeness (QED) is 0.528. The minimum absolute atomic E-state index is 0.0387. The molecule has 6 nitrogen and oxygen atoms in total. The van der Waals surface area contributed by atoms with E-state index in [1.807, 2.05) is 26.0 Å². The summed E-state index contributed by atoms with van der Waals surface area (Å²) in [6, 6.07) is 8.59. The Labute approximate surface area is 199 Å². The van der Waals surface area contributed by atoms with Crippen LogP contribution in [0.1, 0.15) is 61.0 Å². The van der Waals surface area contributed by atoms with Gasteiger partial charge in [-0.3, -0.25) is 4.79 Å². The van der Waals surface area contributed by atoms with Gasteiger partial charge in [0.1, 0.15) is 10.6 Å². The number of carbonyl (C=O) groups excluding carboxylic acids is 1. The molecule has 0 unspecified atom stereocenters. The third-order valence-electron chi connectivity index (χ3n) is 5.88. The number of amides is 1. The SMILES string of the molecule is CCc1cc(Br)cc(CC)c1NC(=O)c1ccc(OC)c(S(=O)(=O)N2CCCCCC2)c1. The van der Waals surface area contributed by atoms with Crippen molar-refractivity contribution in [3.63, 3.8) is 0 Å². The third kappa shape index (κ3) is 5.35. The number of carbonyl (C=O) groups is 1. The standard InChI is InChI=1S/C24H31BrN2O4S/c1-4-17-14-20(25)15-18(5-2)23(17)26-24(28)19-10-11-21(31-3)22(16-19)32(29,30)27-12-8-6-7-9-13-27/h10-11,14-16H,4-9,12-13H2,1-3H3,(H,26,28). The molecule has 3 rings (SSSR count). The predicted octanol–water partition coefficient (Wildman–Crippen LogP) is 5.40. The molecular weight excluding hydrogens is 492 g/mol. The Morgan fingerprint density at radius 1 is 1.03 bits per heavy atom. The van der Waals surface area contributed by atoms with Gasteiger partial charge in [0.15, 0.2) is 0 Å². The lowest BCUT2D eigenvalue weighted by atomic mass is 10.0. The normalized spacial score (nSPS) is 15.2. The molecule has 0 spiro atoms. The van der Waals surface area contributed by atoms with Gasteiger partial charge < -0.3 is 10.1 Å². The molecule has 1 amide bonds. The van der Waals surface area contributed by atoms with E-state index >= 15 is 0 Å². The van der Waals surface area contributed by atoms with Crippen LogP contribution in [0.15, 0.2) is 39.7 Å². The number of ether oxygens (including phenoxy) is 1. The molecule has 32 heavy (non-hydrogen) atoms. The van der Waals surface area contributed by atoms with E-state index in [9.17, 15) is 13.2 Å². The average Bonchev–Trinajstić information content (AvgIpc) is 3.09. The Bertz CT molecular complexity index is 1050. The van der Waals surface area contributed by atoms with Crippen molar-refractivity contribution in [3.8, 4) is 5.75 Å². The maximum absolute atomic E-state index is 13.4. The Morgan fingerprint density at radius 2 is 1.62 bits per heavy atom. The minimum atomic E-state index is -3.77. The van der Waals surface area contributed by atoms with Crippen LogP contribution in [0.25, 0.3) is 0 Å². The highest BCUT2D eigenvalue weighted by Gasteiger charge is 2.29. The van der Waals surface area contributed by atoms with Crippen molar-refractivity contribution in [3.05, 3.63) is 51.5 Å². The second-order valence-corrected chi connectivity index (χ2v) is 10.8. The monoisotopic (exact) mass is 522 g/mol. The summed E-state index contributed by atoms with van der Waals surface area (Å²) in [5.74, 6) is -0.0929. The second-order valence-electron chi connectivity index (χ2n) is 7.94. The number of hydrogen-bond acceptors (Lipinski definition) is 4. The van der Waals surface area contributed by atoms with Gasteiger partial charge in [0.2, 0.25) is 10.0 Å². The Kier molecular flexibility index (Phi) is 8.36. The number of benzene rings is 2. The lowest BCUT2D eigenvalue weighted by Gasteiger charge is -2.22. The van der Waals surface area contributed by atoms with Crippen molar-refractivity contribution in [1.82, 2.24) is 4.31 Å². The zero-order chi connectivity index (χ0) is 23.3. The highest BCUT2D eigenvalue weighted by atomic mass is 79.9. The average molecular weight is 523 g/mol. The van der Waals surface area contributed by atoms with Gasteiger partial charge in [-0.25, -0.2) is 8.42 Å². The van der Waals surface area contributed by atoms with Gasteiger partial charge in [0, 0.05) is 28.8 Å². The number of nitrogens with one attached hydrogen (secondary N) is 1. The fourth-order valence-electron chi connectivity index (χ4n) is 4.07. The van der Waals surface area contributed by atoms with E-state index < -0.39 is 10.0 Å². The fourth-order valence-corrected chi connectivity index (χ4v) is 6.32. The predicted molar refractivity (Wildman–Crippen MR) is 131 cm³/mol. The van der Waals surface area contributed by atoms with Crippen molar-refractivity contribution in [1.29, 1.82) is 0 Å². The number of halogens is 1. The van der Waals surface area contributed by atoms with Crippen molar-refractivity contribution in [2.45, 2.75) is 57.3 Å². The summed E-state index contributed by atoms with van der Waals surface area (Å²) in [5, 5.41) is 3.02. The van der Waals surface area contributed by atoms with E-state index in [1.54, 1.807) is 12.1 Å². The van der Waals surface area contributed by atoms with Crippen molar-refractivity contribution >= 4 is 37.5 Å². The topological polar surface area (TPSA) is 75.7 Å². The van der Waals surface area contributed by atoms with E-state index in [0.29, 0.717) is 13.1 Å². The molecular formula is C24H31BrN2O4S. The summed E-state index contributed by atoms with van der Waals surface area (Å²) in [7, 11) is -2.32. The zero-order valence-electron chi connectivity index (χ0n) is 18.9. The van der Waals surface area contributed by atoms with Gasteiger partial charge in [-0.2, -0.15) is 4.31 Å². The molecule has 0 saturated carbocycles. The molecule has 0 atom stereocenters. The van der Waals surface area contributed by atoms with Crippen molar-refractivity contribution in [2.24, 2.45) is 0 Å². The van der Waals surface area contributed by atoms with Gasteiger partial charge in [-0.05, 0) is 67.1 Å². The molecule has 1 heterocycles. The molecule has 0 radical (unpaired) electrons. The number of sulfonamides is 1. The molecule has 2 aromatic carbocycles. The maximum atomic E-state index is 13.4. The van der Waals surface area contributed by atoms with E-state index in [-0.39, 0.29) is 22.1 Å². The minimum Gasteiger partial charge on any atom is -0.495 e. The van der Waals surface area contributed by atoms with Crippen LogP contribution < -0.4 is 10.1 Å². The van der Waals surface area contributed by atoms with E-state index in [1.165, 1.54) is 17.5 Å². The van der Waals surface area contributed by atoms with E-state index in [0.717, 1.165) is 59.8 Å². The number of methoxy groups -OCH3 is 1. The van der Waals surface area contributed by atoms with Crippen LogP contribution in [0.3, 0.4) is 0 Å². The molecule has 1 N–H and O–H groups in total. The first-order valence-corrected chi connectivity index (χ1v) is 13.4. The Morgan fingerprint density at radius 3 is 2.16 bits per heavy atom. The summed E-state index contributed by atoms with van der Waals surface area (Å²) in [4.78, 5) is 13.2. The summed E-state index contributed by atoms with van der Waals surface area (Å²) >= 11 is 3.53. The first-order valence-electron chi connectivity index (χ1n) is 11.1. The molecule has 2 aromatic rings. The van der Waals surface area contributed by atoms with Gasteiger partial charge in [-0.15, -0.1) is 0 Å². The number of nitrogens with zero attached hydrogens (tertiary/aromatic N) is 1. The molecule has 1 saturated heterocycles. The summed E-state index contributed by atoms with van der Waals surface area (Å²) < 4.78 is 34.6. The summed E-state index contributed by atoms with van der Waals surface area (Å²) in [6.45, 7) is 5.05. The third-order valence-corrected chi connectivity index (χ3v) is 8.25. The van der Waals surface area contributed by atoms with Crippen molar-refractivity contribution < 1.29 is 17.9 Å². The highest BCUT2D eigenvalue weighted by Crippen LogP contribution is 2.31. The fraction of sp³-hybridized carbons (Fsp3) is 0.458. The summed E-state index contributed by atoms with van der Waals surface area (Å²) in [6.07, 6.45) is 5.25. The first kappa shape index (κ1) is 24.7. The van der Waals surface area contributed by atoms with Crippen LogP contribution in [0.5, 0.6) is 5.75 Å². The highest BCUT2D eigenvalue weighted by molar-refractivity contribution is 9.10.